The maximum absolute atomic E-state index is 15.3. The highest BCUT2D eigenvalue weighted by Crippen LogP contribution is 2.50. The first-order chi connectivity index (χ1) is 12.6. The van der Waals surface area contributed by atoms with E-state index in [9.17, 15) is 27.1 Å². The third-order valence-electron chi connectivity index (χ3n) is 6.35. The molecule has 0 aromatic carbocycles. The maximum atomic E-state index is 15.3. The fourth-order valence-electron chi connectivity index (χ4n) is 4.76. The molecule has 0 aromatic rings. The fraction of sp³-hybridized carbons (Fsp3) is 0.938. The van der Waals surface area contributed by atoms with Crippen LogP contribution in [0.1, 0.15) is 32.1 Å². The zero-order chi connectivity index (χ0) is 19.6. The smallest absolute Gasteiger partial charge is 0.304 e. The van der Waals surface area contributed by atoms with Crippen LogP contribution in [-0.2, 0) is 19.7 Å². The van der Waals surface area contributed by atoms with E-state index >= 15 is 4.39 Å². The number of carbonyl (C=O) groups excluding carboxylic acids is 1. The number of alkyl halides is 3. The van der Waals surface area contributed by atoms with Gasteiger partial charge in [-0.25, -0.2) is 17.9 Å². The number of amides is 1. The van der Waals surface area contributed by atoms with Gasteiger partial charge in [0.2, 0.25) is 5.91 Å². The molecule has 7 nitrogen and oxygen atoms in total. The molecule has 11 heteroatoms. The van der Waals surface area contributed by atoms with Crippen LogP contribution in [0.25, 0.3) is 0 Å². The van der Waals surface area contributed by atoms with Crippen molar-refractivity contribution in [3.63, 3.8) is 0 Å². The molecular formula is C16H23F3N2O5S. The second-order valence-electron chi connectivity index (χ2n) is 8.17. The SMILES string of the molecule is O=C1CN(C2C(O)CC3CCC(OCC4CC4(F)F)CC3C2F)S(=O)(=O)N1. The number of aliphatic hydroxyl groups excluding tert-OH is 1. The summed E-state index contributed by atoms with van der Waals surface area (Å²) in [5.41, 5.74) is 0. The van der Waals surface area contributed by atoms with Crippen molar-refractivity contribution in [2.75, 3.05) is 13.2 Å². The summed E-state index contributed by atoms with van der Waals surface area (Å²) >= 11 is 0. The first-order valence-electron chi connectivity index (χ1n) is 9.22. The summed E-state index contributed by atoms with van der Waals surface area (Å²) in [5.74, 6) is -4.86. The highest BCUT2D eigenvalue weighted by atomic mass is 32.2. The van der Waals surface area contributed by atoms with Gasteiger partial charge in [-0.2, -0.15) is 12.7 Å². The molecule has 0 spiro atoms. The molecule has 2 N–H and O–H groups in total. The second kappa shape index (κ2) is 6.57. The van der Waals surface area contributed by atoms with Gasteiger partial charge in [0.1, 0.15) is 6.17 Å². The van der Waals surface area contributed by atoms with Crippen molar-refractivity contribution in [3.8, 4) is 0 Å². The number of halogens is 3. The lowest BCUT2D eigenvalue weighted by Gasteiger charge is -2.47. The molecule has 0 aromatic heterocycles. The number of hydrogen-bond acceptors (Lipinski definition) is 5. The van der Waals surface area contributed by atoms with Gasteiger partial charge >= 0.3 is 10.2 Å². The second-order valence-corrected chi connectivity index (χ2v) is 9.79. The van der Waals surface area contributed by atoms with Crippen molar-refractivity contribution in [1.82, 2.24) is 9.03 Å². The topological polar surface area (TPSA) is 95.9 Å². The molecule has 4 aliphatic rings. The molecule has 7 atom stereocenters. The van der Waals surface area contributed by atoms with Crippen molar-refractivity contribution in [2.45, 2.75) is 62.4 Å². The van der Waals surface area contributed by atoms with Crippen LogP contribution in [-0.4, -0.2) is 67.2 Å². The molecular weight excluding hydrogens is 389 g/mol. The molecule has 1 aliphatic heterocycles. The Morgan fingerprint density at radius 3 is 2.59 bits per heavy atom. The van der Waals surface area contributed by atoms with Crippen LogP contribution in [0.15, 0.2) is 0 Å². The summed E-state index contributed by atoms with van der Waals surface area (Å²) < 4.78 is 73.4. The average Bonchev–Trinajstić information content (AvgIpc) is 3.08. The van der Waals surface area contributed by atoms with Crippen LogP contribution < -0.4 is 4.72 Å². The van der Waals surface area contributed by atoms with Crippen LogP contribution in [0.2, 0.25) is 0 Å². The van der Waals surface area contributed by atoms with E-state index in [1.165, 1.54) is 0 Å². The third-order valence-corrected chi connectivity index (χ3v) is 7.82. The van der Waals surface area contributed by atoms with Gasteiger partial charge in [-0.15, -0.1) is 0 Å². The Morgan fingerprint density at radius 1 is 1.30 bits per heavy atom. The quantitative estimate of drug-likeness (QED) is 0.705. The summed E-state index contributed by atoms with van der Waals surface area (Å²) in [6, 6.07) is -1.33. The summed E-state index contributed by atoms with van der Waals surface area (Å²) in [6.07, 6.45) is -1.67. The number of fused-ring (bicyclic) bond motifs is 1. The first kappa shape index (κ1) is 19.4. The number of aliphatic hydroxyl groups is 1. The zero-order valence-corrected chi connectivity index (χ0v) is 15.4. The van der Waals surface area contributed by atoms with Crippen LogP contribution >= 0.6 is 0 Å². The van der Waals surface area contributed by atoms with E-state index in [1.54, 1.807) is 4.72 Å². The van der Waals surface area contributed by atoms with E-state index in [0.29, 0.717) is 23.6 Å². The van der Waals surface area contributed by atoms with Gasteiger partial charge in [-0.3, -0.25) is 4.79 Å². The molecule has 0 bridgehead atoms. The van der Waals surface area contributed by atoms with Crippen LogP contribution in [0.4, 0.5) is 13.2 Å². The van der Waals surface area contributed by atoms with E-state index in [0.717, 1.165) is 0 Å². The third kappa shape index (κ3) is 3.58. The lowest BCUT2D eigenvalue weighted by molar-refractivity contribution is -0.120. The van der Waals surface area contributed by atoms with Gasteiger partial charge in [0.25, 0.3) is 5.92 Å². The minimum atomic E-state index is -4.16. The molecule has 1 amide bonds. The number of rotatable bonds is 4. The minimum Gasteiger partial charge on any atom is -0.391 e. The Labute approximate surface area is 155 Å². The van der Waals surface area contributed by atoms with Crippen molar-refractivity contribution in [2.24, 2.45) is 17.8 Å². The predicted molar refractivity (Wildman–Crippen MR) is 86.7 cm³/mol. The standard InChI is InChI=1S/C16H23F3N2O5S/c17-14-11-4-10(26-7-9-5-16(9,18)19)2-1-8(11)3-12(22)15(14)21-6-13(23)20-27(21,24)25/h8-12,14-15,22H,1-7H2,(H,20,23). The normalized spacial score (nSPS) is 45.9. The van der Waals surface area contributed by atoms with Crippen LogP contribution in [0.5, 0.6) is 0 Å². The Bertz CT molecular complexity index is 721. The Kier molecular flexibility index (Phi) is 4.72. The van der Waals surface area contributed by atoms with Crippen molar-refractivity contribution < 1.29 is 36.2 Å². The molecule has 1 saturated heterocycles. The van der Waals surface area contributed by atoms with Gasteiger partial charge in [0.05, 0.1) is 37.3 Å². The Balaban J connectivity index is 1.43. The van der Waals surface area contributed by atoms with Gasteiger partial charge in [0, 0.05) is 6.42 Å². The predicted octanol–water partition coefficient (Wildman–Crippen LogP) is 0.591. The average molecular weight is 412 g/mol. The van der Waals surface area contributed by atoms with E-state index in [2.05, 4.69) is 0 Å². The highest BCUT2D eigenvalue weighted by Gasteiger charge is 2.57. The Morgan fingerprint density at radius 2 is 2.00 bits per heavy atom. The molecule has 7 unspecified atom stereocenters. The van der Waals surface area contributed by atoms with Crippen molar-refractivity contribution in [1.29, 1.82) is 0 Å². The number of hydrogen-bond donors (Lipinski definition) is 2. The van der Waals surface area contributed by atoms with Gasteiger partial charge in [-0.05, 0) is 37.5 Å². The summed E-state index contributed by atoms with van der Waals surface area (Å²) in [5, 5.41) is 10.4. The van der Waals surface area contributed by atoms with Gasteiger partial charge < -0.3 is 9.84 Å². The van der Waals surface area contributed by atoms with Crippen molar-refractivity contribution in [3.05, 3.63) is 0 Å². The van der Waals surface area contributed by atoms with Gasteiger partial charge in [-0.1, -0.05) is 0 Å². The van der Waals surface area contributed by atoms with E-state index in [-0.39, 0.29) is 31.5 Å². The zero-order valence-electron chi connectivity index (χ0n) is 14.6. The number of ether oxygens (including phenoxy) is 1. The minimum absolute atomic E-state index is 0.0585. The molecule has 4 fully saturated rings. The molecule has 1 heterocycles. The molecule has 27 heavy (non-hydrogen) atoms. The summed E-state index contributed by atoms with van der Waals surface area (Å²) in [7, 11) is -4.16. The molecule has 3 saturated carbocycles. The largest absolute Gasteiger partial charge is 0.391 e. The maximum Gasteiger partial charge on any atom is 0.304 e. The Hall–Kier alpha value is -0.910. The molecule has 0 radical (unpaired) electrons. The number of nitrogens with zero attached hydrogens (tertiary/aromatic N) is 1. The number of carbonyl (C=O) groups is 1. The monoisotopic (exact) mass is 412 g/mol. The van der Waals surface area contributed by atoms with E-state index in [1.807, 2.05) is 0 Å². The lowest BCUT2D eigenvalue weighted by Crippen LogP contribution is -2.59. The molecule has 154 valence electrons. The van der Waals surface area contributed by atoms with Crippen molar-refractivity contribution >= 4 is 16.1 Å². The van der Waals surface area contributed by atoms with Gasteiger partial charge in [0.15, 0.2) is 0 Å². The lowest BCUT2D eigenvalue weighted by atomic mass is 9.66. The molecule has 3 aliphatic carbocycles. The fourth-order valence-corrected chi connectivity index (χ4v) is 6.09. The van der Waals surface area contributed by atoms with Crippen LogP contribution in [0, 0.1) is 17.8 Å². The van der Waals surface area contributed by atoms with E-state index in [4.69, 9.17) is 4.74 Å². The summed E-state index contributed by atoms with van der Waals surface area (Å²) in [6.45, 7) is -0.574. The number of nitrogens with one attached hydrogen (secondary N) is 1. The highest BCUT2D eigenvalue weighted by molar-refractivity contribution is 7.88. The summed E-state index contributed by atoms with van der Waals surface area (Å²) in [4.78, 5) is 11.5. The van der Waals surface area contributed by atoms with E-state index < -0.39 is 58.7 Å². The molecule has 4 rings (SSSR count). The van der Waals surface area contributed by atoms with Crippen LogP contribution in [0.3, 0.4) is 0 Å². The first-order valence-corrected chi connectivity index (χ1v) is 10.7.